The molecule has 1 aromatic rings. The minimum atomic E-state index is -4.31. The van der Waals surface area contributed by atoms with Gasteiger partial charge in [0.05, 0.1) is 12.0 Å². The van der Waals surface area contributed by atoms with E-state index in [1.807, 2.05) is 0 Å². The Morgan fingerprint density at radius 3 is 2.87 bits per heavy atom. The number of halogens is 3. The first kappa shape index (κ1) is 10.5. The lowest BCUT2D eigenvalue weighted by Crippen LogP contribution is -2.57. The van der Waals surface area contributed by atoms with Crippen molar-refractivity contribution in [2.24, 2.45) is 0 Å². The van der Waals surface area contributed by atoms with E-state index in [2.05, 4.69) is 15.3 Å². The van der Waals surface area contributed by atoms with E-state index < -0.39 is 11.7 Å². The highest BCUT2D eigenvalue weighted by atomic mass is 19.4. The molecule has 1 aromatic heterocycles. The van der Waals surface area contributed by atoms with Crippen molar-refractivity contribution in [3.63, 3.8) is 0 Å². The molecule has 0 saturated carbocycles. The lowest BCUT2D eigenvalue weighted by atomic mass is 9.86. The van der Waals surface area contributed by atoms with Crippen LogP contribution in [0.2, 0.25) is 0 Å². The molecule has 6 heteroatoms. The first-order chi connectivity index (χ1) is 7.01. The monoisotopic (exact) mass is 219 g/mol. The second-order valence-corrected chi connectivity index (χ2v) is 3.66. The molecule has 0 bridgehead atoms. The Labute approximate surface area is 85.1 Å². The zero-order valence-electron chi connectivity index (χ0n) is 8.28. The second kappa shape index (κ2) is 3.23. The number of rotatable bonds is 1. The zero-order valence-corrected chi connectivity index (χ0v) is 8.28. The topological polar surface area (TPSA) is 40.7 Å². The van der Waals surface area contributed by atoms with Crippen molar-refractivity contribution >= 4 is 0 Å². The number of aromatic nitrogens is 2. The fourth-order valence-electron chi connectivity index (χ4n) is 2.09. The number of hydrogen-bond acceptors (Lipinski definition) is 2. The highest BCUT2D eigenvalue weighted by molar-refractivity contribution is 5.27. The molecule has 2 rings (SSSR count). The number of fused-ring (bicyclic) bond motifs is 1. The molecular weight excluding hydrogens is 207 g/mol. The van der Waals surface area contributed by atoms with Crippen LogP contribution in [0.4, 0.5) is 13.2 Å². The van der Waals surface area contributed by atoms with E-state index in [9.17, 15) is 13.2 Å². The molecule has 0 radical (unpaired) electrons. The molecule has 0 aromatic carbocycles. The van der Waals surface area contributed by atoms with Gasteiger partial charge in [0.15, 0.2) is 5.54 Å². The van der Waals surface area contributed by atoms with Gasteiger partial charge in [-0.1, -0.05) is 6.92 Å². The Morgan fingerprint density at radius 2 is 2.27 bits per heavy atom. The standard InChI is InChI=1S/C9H12F3N3/c1-2-8(9(10,11)12)7-6(3-4-15-8)13-5-14-7/h5,15H,2-4H2,1H3,(H,13,14). The molecule has 1 unspecified atom stereocenters. The van der Waals surface area contributed by atoms with Crippen molar-refractivity contribution in [1.29, 1.82) is 0 Å². The Hall–Kier alpha value is -1.04. The molecule has 1 aliphatic rings. The van der Waals surface area contributed by atoms with Gasteiger partial charge in [-0.05, 0) is 6.42 Å². The lowest BCUT2D eigenvalue weighted by molar-refractivity contribution is -0.205. The zero-order chi connectivity index (χ0) is 11.1. The lowest BCUT2D eigenvalue weighted by Gasteiger charge is -2.38. The van der Waals surface area contributed by atoms with Crippen molar-refractivity contribution in [2.45, 2.75) is 31.5 Å². The van der Waals surface area contributed by atoms with Crippen LogP contribution in [0.15, 0.2) is 6.33 Å². The summed E-state index contributed by atoms with van der Waals surface area (Å²) in [4.78, 5) is 6.58. The van der Waals surface area contributed by atoms with Gasteiger partial charge < -0.3 is 4.98 Å². The van der Waals surface area contributed by atoms with E-state index >= 15 is 0 Å². The fourth-order valence-corrected chi connectivity index (χ4v) is 2.09. The molecule has 3 nitrogen and oxygen atoms in total. The number of imidazole rings is 1. The molecule has 84 valence electrons. The highest BCUT2D eigenvalue weighted by Gasteiger charge is 2.57. The molecule has 1 atom stereocenters. The van der Waals surface area contributed by atoms with Gasteiger partial charge in [0.1, 0.15) is 0 Å². The largest absolute Gasteiger partial charge is 0.412 e. The molecule has 0 amide bonds. The molecule has 1 aliphatic heterocycles. The molecule has 0 saturated heterocycles. The minimum Gasteiger partial charge on any atom is -0.348 e. The van der Waals surface area contributed by atoms with E-state index in [4.69, 9.17) is 0 Å². The van der Waals surface area contributed by atoms with Crippen LogP contribution in [0.1, 0.15) is 24.7 Å². The summed E-state index contributed by atoms with van der Waals surface area (Å²) in [5.74, 6) is 0. The Balaban J connectivity index is 2.54. The number of H-pyrrole nitrogens is 1. The maximum Gasteiger partial charge on any atom is 0.412 e. The number of nitrogens with one attached hydrogen (secondary N) is 2. The predicted molar refractivity (Wildman–Crippen MR) is 48.3 cm³/mol. The second-order valence-electron chi connectivity index (χ2n) is 3.66. The summed E-state index contributed by atoms with van der Waals surface area (Å²) >= 11 is 0. The summed E-state index contributed by atoms with van der Waals surface area (Å²) in [5, 5.41) is 2.56. The SMILES string of the molecule is CCC1(C(F)(F)F)NCCc2[nH]cnc21. The highest BCUT2D eigenvalue weighted by Crippen LogP contribution is 2.43. The quantitative estimate of drug-likeness (QED) is 0.755. The summed E-state index contributed by atoms with van der Waals surface area (Å²) in [6.07, 6.45) is -2.47. The Bertz CT molecular complexity index is 358. The number of nitrogens with zero attached hydrogens (tertiary/aromatic N) is 1. The van der Waals surface area contributed by atoms with E-state index in [0.29, 0.717) is 18.7 Å². The molecule has 15 heavy (non-hydrogen) atoms. The van der Waals surface area contributed by atoms with E-state index in [0.717, 1.165) is 0 Å². The van der Waals surface area contributed by atoms with Gasteiger partial charge in [-0.15, -0.1) is 0 Å². The third-order valence-electron chi connectivity index (χ3n) is 2.94. The summed E-state index contributed by atoms with van der Waals surface area (Å²) < 4.78 is 39.1. The summed E-state index contributed by atoms with van der Waals surface area (Å²) in [6.45, 7) is 1.84. The van der Waals surface area contributed by atoms with Crippen LogP contribution in [0.25, 0.3) is 0 Å². The van der Waals surface area contributed by atoms with Crippen molar-refractivity contribution in [3.8, 4) is 0 Å². The summed E-state index contributed by atoms with van der Waals surface area (Å²) in [7, 11) is 0. The van der Waals surface area contributed by atoms with Crippen LogP contribution in [-0.2, 0) is 12.0 Å². The van der Waals surface area contributed by atoms with Crippen molar-refractivity contribution in [2.75, 3.05) is 6.54 Å². The van der Waals surface area contributed by atoms with Gasteiger partial charge in [-0.25, -0.2) is 4.98 Å². The normalized spacial score (nSPS) is 26.4. The van der Waals surface area contributed by atoms with Crippen molar-refractivity contribution in [1.82, 2.24) is 15.3 Å². The third kappa shape index (κ3) is 1.35. The average Bonchev–Trinajstić information content (AvgIpc) is 2.63. The predicted octanol–water partition coefficient (Wildman–Crippen LogP) is 1.72. The van der Waals surface area contributed by atoms with E-state index in [1.54, 1.807) is 0 Å². The van der Waals surface area contributed by atoms with Crippen LogP contribution >= 0.6 is 0 Å². The molecule has 2 N–H and O–H groups in total. The van der Waals surface area contributed by atoms with Gasteiger partial charge >= 0.3 is 6.18 Å². The first-order valence-electron chi connectivity index (χ1n) is 4.86. The van der Waals surface area contributed by atoms with Gasteiger partial charge in [-0.2, -0.15) is 13.2 Å². The first-order valence-corrected chi connectivity index (χ1v) is 4.86. The van der Waals surface area contributed by atoms with Crippen LogP contribution < -0.4 is 5.32 Å². The van der Waals surface area contributed by atoms with Gasteiger partial charge in [-0.3, -0.25) is 5.32 Å². The average molecular weight is 219 g/mol. The summed E-state index contributed by atoms with van der Waals surface area (Å²) in [6, 6.07) is 0. The molecule has 0 aliphatic carbocycles. The van der Waals surface area contributed by atoms with Crippen LogP contribution in [0, 0.1) is 0 Å². The molecular formula is C9H12F3N3. The molecule has 0 fully saturated rings. The maximum absolute atomic E-state index is 13.0. The van der Waals surface area contributed by atoms with Crippen molar-refractivity contribution in [3.05, 3.63) is 17.7 Å². The molecule has 2 heterocycles. The van der Waals surface area contributed by atoms with Crippen LogP contribution in [0.5, 0.6) is 0 Å². The Morgan fingerprint density at radius 1 is 1.53 bits per heavy atom. The Kier molecular flexibility index (Phi) is 2.26. The smallest absolute Gasteiger partial charge is 0.348 e. The number of alkyl halides is 3. The van der Waals surface area contributed by atoms with Crippen molar-refractivity contribution < 1.29 is 13.2 Å². The van der Waals surface area contributed by atoms with E-state index in [1.165, 1.54) is 13.3 Å². The van der Waals surface area contributed by atoms with Crippen LogP contribution in [0.3, 0.4) is 0 Å². The minimum absolute atomic E-state index is 0.0473. The van der Waals surface area contributed by atoms with E-state index in [-0.39, 0.29) is 12.1 Å². The maximum atomic E-state index is 13.0. The van der Waals surface area contributed by atoms with Gasteiger partial charge in [0.25, 0.3) is 0 Å². The summed E-state index contributed by atoms with van der Waals surface area (Å²) in [5.41, 5.74) is -1.28. The third-order valence-corrected chi connectivity index (χ3v) is 2.94. The molecule has 0 spiro atoms. The van der Waals surface area contributed by atoms with Gasteiger partial charge in [0, 0.05) is 18.7 Å². The number of hydrogen-bond donors (Lipinski definition) is 2. The van der Waals surface area contributed by atoms with Gasteiger partial charge in [0.2, 0.25) is 0 Å². The fraction of sp³-hybridized carbons (Fsp3) is 0.667. The van der Waals surface area contributed by atoms with Crippen LogP contribution in [-0.4, -0.2) is 22.7 Å². The number of aromatic amines is 1.